The Morgan fingerprint density at radius 1 is 1.23 bits per heavy atom. The smallest absolute Gasteiger partial charge is 0.267 e. The molecule has 2 heterocycles. The SMILES string of the molecule is CC(C)c1cc(S(=O)c2c(Cl)cc(CC3=NN=NC3)cc2Cl)n[nH]c1=O. The zero-order valence-corrected chi connectivity index (χ0v) is 16.3. The van der Waals surface area contributed by atoms with Gasteiger partial charge in [0.25, 0.3) is 5.56 Å². The van der Waals surface area contributed by atoms with Crippen LogP contribution in [0.3, 0.4) is 0 Å². The second kappa shape index (κ2) is 7.77. The van der Waals surface area contributed by atoms with Crippen molar-refractivity contribution in [2.75, 3.05) is 6.54 Å². The number of aromatic amines is 1. The lowest BCUT2D eigenvalue weighted by Crippen LogP contribution is -2.17. The molecule has 0 aliphatic carbocycles. The minimum absolute atomic E-state index is 0.0335. The Hall–Kier alpha value is -1.90. The normalized spacial score (nSPS) is 14.7. The van der Waals surface area contributed by atoms with Crippen molar-refractivity contribution in [3.63, 3.8) is 0 Å². The number of aromatic nitrogens is 2. The third-order valence-corrected chi connectivity index (χ3v) is 5.99. The molecule has 136 valence electrons. The van der Waals surface area contributed by atoms with Crippen LogP contribution in [0, 0.1) is 0 Å². The monoisotopic (exact) mass is 411 g/mol. The Morgan fingerprint density at radius 3 is 2.50 bits per heavy atom. The molecule has 1 N–H and O–H groups in total. The zero-order valence-electron chi connectivity index (χ0n) is 14.0. The zero-order chi connectivity index (χ0) is 18.8. The van der Waals surface area contributed by atoms with E-state index in [1.54, 1.807) is 12.1 Å². The maximum atomic E-state index is 12.9. The van der Waals surface area contributed by atoms with E-state index >= 15 is 0 Å². The predicted octanol–water partition coefficient (Wildman–Crippen LogP) is 3.73. The topological polar surface area (TPSA) is 99.9 Å². The number of hydrogen-bond donors (Lipinski definition) is 1. The van der Waals surface area contributed by atoms with E-state index in [1.165, 1.54) is 6.07 Å². The van der Waals surface area contributed by atoms with Crippen LogP contribution in [0.4, 0.5) is 0 Å². The number of H-pyrrole nitrogens is 1. The summed E-state index contributed by atoms with van der Waals surface area (Å²) in [7, 11) is -1.73. The van der Waals surface area contributed by atoms with E-state index in [1.807, 2.05) is 13.8 Å². The summed E-state index contributed by atoms with van der Waals surface area (Å²) in [6, 6.07) is 4.91. The average molecular weight is 412 g/mol. The third-order valence-electron chi connectivity index (χ3n) is 3.78. The van der Waals surface area contributed by atoms with Crippen molar-refractivity contribution in [2.45, 2.75) is 36.1 Å². The van der Waals surface area contributed by atoms with Crippen molar-refractivity contribution < 1.29 is 4.21 Å². The molecule has 7 nitrogen and oxygen atoms in total. The predicted molar refractivity (Wildman–Crippen MR) is 101 cm³/mol. The number of nitrogens with one attached hydrogen (secondary N) is 1. The van der Waals surface area contributed by atoms with Gasteiger partial charge in [0.2, 0.25) is 0 Å². The molecule has 3 rings (SSSR count). The maximum absolute atomic E-state index is 12.9. The Bertz CT molecular complexity index is 977. The summed E-state index contributed by atoms with van der Waals surface area (Å²) in [5, 5.41) is 18.3. The van der Waals surface area contributed by atoms with Crippen LogP contribution in [0.2, 0.25) is 10.0 Å². The average Bonchev–Trinajstić information content (AvgIpc) is 3.07. The number of hydrogen-bond acceptors (Lipinski definition) is 6. The fraction of sp³-hybridized carbons (Fsp3) is 0.312. The summed E-state index contributed by atoms with van der Waals surface area (Å²) >= 11 is 12.7. The molecule has 2 aromatic rings. The molecule has 1 atom stereocenters. The Morgan fingerprint density at radius 2 is 1.92 bits per heavy atom. The molecular formula is C16H15Cl2N5O2S. The molecule has 0 saturated heterocycles. The van der Waals surface area contributed by atoms with Crippen molar-refractivity contribution >= 4 is 39.7 Å². The van der Waals surface area contributed by atoms with E-state index in [-0.39, 0.29) is 31.4 Å². The number of rotatable bonds is 5. The van der Waals surface area contributed by atoms with Gasteiger partial charge in [-0.15, -0.1) is 5.10 Å². The van der Waals surface area contributed by atoms with Crippen LogP contribution in [0.5, 0.6) is 0 Å². The van der Waals surface area contributed by atoms with Gasteiger partial charge in [0.05, 0.1) is 20.7 Å². The Kier molecular flexibility index (Phi) is 5.64. The summed E-state index contributed by atoms with van der Waals surface area (Å²) in [6.07, 6.45) is 0.508. The highest BCUT2D eigenvalue weighted by atomic mass is 35.5. The second-order valence-electron chi connectivity index (χ2n) is 6.03. The molecule has 0 fully saturated rings. The van der Waals surface area contributed by atoms with E-state index < -0.39 is 10.8 Å². The van der Waals surface area contributed by atoms with E-state index in [0.29, 0.717) is 18.5 Å². The molecule has 0 radical (unpaired) electrons. The fourth-order valence-corrected chi connectivity index (χ4v) is 4.48. The molecular weight excluding hydrogens is 397 g/mol. The molecule has 1 aromatic carbocycles. The molecule has 26 heavy (non-hydrogen) atoms. The van der Waals surface area contributed by atoms with Crippen LogP contribution in [0.25, 0.3) is 0 Å². The maximum Gasteiger partial charge on any atom is 0.267 e. The van der Waals surface area contributed by atoms with E-state index in [9.17, 15) is 9.00 Å². The highest BCUT2D eigenvalue weighted by Crippen LogP contribution is 2.32. The standard InChI is InChI=1S/C16H15Cl2N5O2S/c1-8(2)11-6-14(21-22-16(11)24)26(25)15-12(17)4-9(5-13(15)18)3-10-7-19-23-20-10/h4-6,8H,3,7H2,1-2H3,(H,22,24). The van der Waals surface area contributed by atoms with Gasteiger partial charge in [-0.25, -0.2) is 9.31 Å². The van der Waals surface area contributed by atoms with Crippen LogP contribution in [-0.4, -0.2) is 26.7 Å². The van der Waals surface area contributed by atoms with E-state index in [2.05, 4.69) is 25.6 Å². The summed E-state index contributed by atoms with van der Waals surface area (Å²) in [6.45, 7) is 4.19. The van der Waals surface area contributed by atoms with Crippen molar-refractivity contribution in [3.05, 3.63) is 49.7 Å². The lowest BCUT2D eigenvalue weighted by molar-refractivity contribution is 0.675. The summed E-state index contributed by atoms with van der Waals surface area (Å²) < 4.78 is 12.9. The second-order valence-corrected chi connectivity index (χ2v) is 8.21. The van der Waals surface area contributed by atoms with Gasteiger partial charge in [0.1, 0.15) is 17.3 Å². The van der Waals surface area contributed by atoms with E-state index in [0.717, 1.165) is 11.3 Å². The first-order valence-corrected chi connectivity index (χ1v) is 9.69. The lowest BCUT2D eigenvalue weighted by atomic mass is 10.1. The van der Waals surface area contributed by atoms with Crippen LogP contribution < -0.4 is 5.56 Å². The van der Waals surface area contributed by atoms with Gasteiger partial charge in [-0.3, -0.25) is 4.79 Å². The Balaban J connectivity index is 1.95. The van der Waals surface area contributed by atoms with Gasteiger partial charge in [-0.1, -0.05) is 37.0 Å². The molecule has 0 amide bonds. The highest BCUT2D eigenvalue weighted by Gasteiger charge is 2.20. The van der Waals surface area contributed by atoms with Gasteiger partial charge in [-0.2, -0.15) is 10.2 Å². The van der Waals surface area contributed by atoms with Crippen molar-refractivity contribution in [1.29, 1.82) is 0 Å². The summed E-state index contributed by atoms with van der Waals surface area (Å²) in [4.78, 5) is 12.1. The first-order chi connectivity index (χ1) is 12.4. The van der Waals surface area contributed by atoms with Gasteiger partial charge in [-0.05, 0) is 34.9 Å². The lowest BCUT2D eigenvalue weighted by Gasteiger charge is -2.10. The van der Waals surface area contributed by atoms with Gasteiger partial charge < -0.3 is 0 Å². The minimum atomic E-state index is -1.73. The molecule has 1 aliphatic rings. The molecule has 0 bridgehead atoms. The fourth-order valence-electron chi connectivity index (χ4n) is 2.49. The quantitative estimate of drug-likeness (QED) is 0.810. The molecule has 1 aliphatic heterocycles. The van der Waals surface area contributed by atoms with Crippen LogP contribution in [-0.2, 0) is 17.2 Å². The summed E-state index contributed by atoms with van der Waals surface area (Å²) in [5.74, 6) is -0.0335. The van der Waals surface area contributed by atoms with Crippen molar-refractivity contribution in [3.8, 4) is 0 Å². The highest BCUT2D eigenvalue weighted by molar-refractivity contribution is 7.85. The minimum Gasteiger partial charge on any atom is -0.268 e. The van der Waals surface area contributed by atoms with Gasteiger partial charge in [0.15, 0.2) is 5.03 Å². The molecule has 0 saturated carbocycles. The van der Waals surface area contributed by atoms with Crippen LogP contribution in [0.1, 0.15) is 30.9 Å². The largest absolute Gasteiger partial charge is 0.268 e. The van der Waals surface area contributed by atoms with Gasteiger partial charge in [0, 0.05) is 12.0 Å². The number of halogens is 2. The van der Waals surface area contributed by atoms with E-state index in [4.69, 9.17) is 23.2 Å². The van der Waals surface area contributed by atoms with Crippen molar-refractivity contribution in [2.24, 2.45) is 15.4 Å². The van der Waals surface area contributed by atoms with Crippen LogP contribution in [0.15, 0.2) is 48.4 Å². The van der Waals surface area contributed by atoms with Crippen molar-refractivity contribution in [1.82, 2.24) is 10.2 Å². The molecule has 10 heteroatoms. The van der Waals surface area contributed by atoms with Gasteiger partial charge >= 0.3 is 0 Å². The molecule has 1 aromatic heterocycles. The Labute approximate surface area is 162 Å². The third kappa shape index (κ3) is 3.92. The number of benzene rings is 1. The first kappa shape index (κ1) is 18.9. The molecule has 0 spiro atoms. The molecule has 1 unspecified atom stereocenters. The van der Waals surface area contributed by atoms with Crippen LogP contribution >= 0.6 is 23.2 Å². The number of nitrogens with zero attached hydrogens (tertiary/aromatic N) is 4. The summed E-state index contributed by atoms with van der Waals surface area (Å²) in [5.41, 5.74) is 1.82. The first-order valence-electron chi connectivity index (χ1n) is 7.78.